The lowest BCUT2D eigenvalue weighted by molar-refractivity contribution is -0.132. The summed E-state index contributed by atoms with van der Waals surface area (Å²) in [6.07, 6.45) is 2.52. The van der Waals surface area contributed by atoms with E-state index in [9.17, 15) is 4.79 Å². The van der Waals surface area contributed by atoms with Crippen LogP contribution in [0, 0.1) is 0 Å². The molecule has 1 aliphatic heterocycles. The quantitative estimate of drug-likeness (QED) is 0.936. The molecular weight excluding hydrogens is 262 g/mol. The van der Waals surface area contributed by atoms with Crippen molar-refractivity contribution < 1.29 is 4.79 Å². The lowest BCUT2D eigenvalue weighted by Gasteiger charge is -2.24. The van der Waals surface area contributed by atoms with Crippen LogP contribution in [0.25, 0.3) is 0 Å². The van der Waals surface area contributed by atoms with E-state index in [1.807, 2.05) is 48.2 Å². The van der Waals surface area contributed by atoms with Gasteiger partial charge in [0.25, 0.3) is 0 Å². The molecule has 0 bridgehead atoms. The number of hydrogen-bond donors (Lipinski definition) is 1. The fraction of sp³-hybridized carbons (Fsp3) is 0.294. The van der Waals surface area contributed by atoms with E-state index in [2.05, 4.69) is 16.4 Å². The number of para-hydroxylation sites is 1. The molecule has 2 heterocycles. The molecule has 0 saturated heterocycles. The molecule has 1 amide bonds. The van der Waals surface area contributed by atoms with Crippen molar-refractivity contribution in [2.75, 3.05) is 11.9 Å². The Bertz CT molecular complexity index is 602. The minimum atomic E-state index is -0.161. The lowest BCUT2D eigenvalue weighted by atomic mass is 10.1. The van der Waals surface area contributed by atoms with Crippen molar-refractivity contribution in [3.63, 3.8) is 0 Å². The van der Waals surface area contributed by atoms with Gasteiger partial charge in [-0.05, 0) is 30.7 Å². The molecule has 4 heteroatoms. The first-order valence-electron chi connectivity index (χ1n) is 7.31. The van der Waals surface area contributed by atoms with E-state index >= 15 is 0 Å². The molecule has 0 fully saturated rings. The summed E-state index contributed by atoms with van der Waals surface area (Å²) in [6.45, 7) is 3.25. The van der Waals surface area contributed by atoms with Gasteiger partial charge in [-0.3, -0.25) is 9.78 Å². The molecule has 0 radical (unpaired) electrons. The topological polar surface area (TPSA) is 45.2 Å². The first-order chi connectivity index (χ1) is 10.3. The maximum absolute atomic E-state index is 12.7. The summed E-state index contributed by atoms with van der Waals surface area (Å²) >= 11 is 0. The third kappa shape index (κ3) is 2.89. The van der Waals surface area contributed by atoms with Gasteiger partial charge in [-0.25, -0.2) is 0 Å². The number of anilines is 1. The Labute approximate surface area is 124 Å². The van der Waals surface area contributed by atoms with Crippen LogP contribution in [0.5, 0.6) is 0 Å². The maximum atomic E-state index is 12.7. The van der Waals surface area contributed by atoms with Crippen LogP contribution in [0.15, 0.2) is 48.7 Å². The fourth-order valence-corrected chi connectivity index (χ4v) is 2.70. The number of amides is 1. The number of likely N-dealkylation sites (N-methyl/N-ethyl adjacent to an activating group) is 1. The minimum Gasteiger partial charge on any atom is -0.373 e. The molecule has 0 saturated carbocycles. The van der Waals surface area contributed by atoms with Gasteiger partial charge in [0, 0.05) is 24.8 Å². The molecule has 3 rings (SSSR count). The second-order valence-electron chi connectivity index (χ2n) is 5.23. The highest BCUT2D eigenvalue weighted by Crippen LogP contribution is 2.26. The Hall–Kier alpha value is -2.36. The normalized spacial score (nSPS) is 16.1. The second-order valence-corrected chi connectivity index (χ2v) is 5.23. The Morgan fingerprint density at radius 3 is 2.81 bits per heavy atom. The van der Waals surface area contributed by atoms with Crippen LogP contribution in [-0.4, -0.2) is 28.4 Å². The molecule has 0 unspecified atom stereocenters. The van der Waals surface area contributed by atoms with E-state index in [0.29, 0.717) is 13.1 Å². The van der Waals surface area contributed by atoms with Crippen molar-refractivity contribution in [2.45, 2.75) is 25.9 Å². The maximum Gasteiger partial charge on any atom is 0.245 e. The lowest BCUT2D eigenvalue weighted by Crippen LogP contribution is -2.41. The zero-order chi connectivity index (χ0) is 14.7. The summed E-state index contributed by atoms with van der Waals surface area (Å²) in [4.78, 5) is 18.8. The Morgan fingerprint density at radius 2 is 2.10 bits per heavy atom. The number of carbonyl (C=O) groups excluding carboxylic acids is 1. The van der Waals surface area contributed by atoms with Crippen LogP contribution in [0.3, 0.4) is 0 Å². The Morgan fingerprint density at radius 1 is 1.29 bits per heavy atom. The standard InChI is InChI=1S/C17H19N3O/c1-2-20(12-14-8-5-6-10-18-14)17(21)16-11-13-7-3-4-9-15(13)19-16/h3-10,16,19H,2,11-12H2,1H3/t16-/m0/s1. The number of aromatic nitrogens is 1. The van der Waals surface area contributed by atoms with Crippen molar-refractivity contribution in [3.05, 3.63) is 59.9 Å². The predicted octanol–water partition coefficient (Wildman–Crippen LogP) is 2.47. The molecule has 4 nitrogen and oxygen atoms in total. The minimum absolute atomic E-state index is 0.138. The van der Waals surface area contributed by atoms with Crippen molar-refractivity contribution >= 4 is 11.6 Å². The summed E-state index contributed by atoms with van der Waals surface area (Å²) in [6, 6.07) is 13.7. The second kappa shape index (κ2) is 5.95. The summed E-state index contributed by atoms with van der Waals surface area (Å²) in [7, 11) is 0. The molecule has 1 aromatic heterocycles. The van der Waals surface area contributed by atoms with Gasteiger partial charge in [0.1, 0.15) is 6.04 Å². The van der Waals surface area contributed by atoms with Gasteiger partial charge in [-0.15, -0.1) is 0 Å². The largest absolute Gasteiger partial charge is 0.373 e. The molecule has 1 N–H and O–H groups in total. The molecule has 1 aromatic carbocycles. The molecular formula is C17H19N3O. The summed E-state index contributed by atoms with van der Waals surface area (Å²) in [5.74, 6) is 0.138. The summed E-state index contributed by atoms with van der Waals surface area (Å²) in [5.41, 5.74) is 3.21. The first-order valence-corrected chi connectivity index (χ1v) is 7.31. The van der Waals surface area contributed by atoms with Crippen molar-refractivity contribution in [1.82, 2.24) is 9.88 Å². The number of nitrogens with one attached hydrogen (secondary N) is 1. The number of benzene rings is 1. The molecule has 0 aliphatic carbocycles. The van der Waals surface area contributed by atoms with Gasteiger partial charge in [0.2, 0.25) is 5.91 Å². The highest BCUT2D eigenvalue weighted by atomic mass is 16.2. The number of hydrogen-bond acceptors (Lipinski definition) is 3. The average Bonchev–Trinajstić information content (AvgIpc) is 2.97. The zero-order valence-corrected chi connectivity index (χ0v) is 12.1. The molecule has 1 atom stereocenters. The van der Waals surface area contributed by atoms with Crippen LogP contribution in [0.2, 0.25) is 0 Å². The average molecular weight is 281 g/mol. The SMILES string of the molecule is CCN(Cc1ccccn1)C(=O)[C@@H]1Cc2ccccc2N1. The number of fused-ring (bicyclic) bond motifs is 1. The highest BCUT2D eigenvalue weighted by molar-refractivity contribution is 5.87. The molecule has 21 heavy (non-hydrogen) atoms. The molecule has 2 aromatic rings. The summed E-state index contributed by atoms with van der Waals surface area (Å²) in [5, 5.41) is 3.32. The number of rotatable bonds is 4. The van der Waals surface area contributed by atoms with Gasteiger partial charge in [-0.1, -0.05) is 24.3 Å². The van der Waals surface area contributed by atoms with E-state index in [1.165, 1.54) is 5.56 Å². The molecule has 1 aliphatic rings. The van der Waals surface area contributed by atoms with Crippen LogP contribution >= 0.6 is 0 Å². The number of nitrogens with zero attached hydrogens (tertiary/aromatic N) is 2. The van der Waals surface area contributed by atoms with Crippen LogP contribution < -0.4 is 5.32 Å². The monoisotopic (exact) mass is 281 g/mol. The van der Waals surface area contributed by atoms with Crippen LogP contribution in [0.1, 0.15) is 18.2 Å². The van der Waals surface area contributed by atoms with Gasteiger partial charge >= 0.3 is 0 Å². The van der Waals surface area contributed by atoms with E-state index < -0.39 is 0 Å². The van der Waals surface area contributed by atoms with Gasteiger partial charge in [0.05, 0.1) is 12.2 Å². The van der Waals surface area contributed by atoms with Gasteiger partial charge in [-0.2, -0.15) is 0 Å². The van der Waals surface area contributed by atoms with Crippen LogP contribution in [-0.2, 0) is 17.8 Å². The third-order valence-electron chi connectivity index (χ3n) is 3.84. The third-order valence-corrected chi connectivity index (χ3v) is 3.84. The first kappa shape index (κ1) is 13.6. The summed E-state index contributed by atoms with van der Waals surface area (Å²) < 4.78 is 0. The number of pyridine rings is 1. The highest BCUT2D eigenvalue weighted by Gasteiger charge is 2.29. The Kier molecular flexibility index (Phi) is 3.86. The smallest absolute Gasteiger partial charge is 0.245 e. The van der Waals surface area contributed by atoms with Gasteiger partial charge in [0.15, 0.2) is 0 Å². The van der Waals surface area contributed by atoms with Crippen LogP contribution in [0.4, 0.5) is 5.69 Å². The fourth-order valence-electron chi connectivity index (χ4n) is 2.70. The van der Waals surface area contributed by atoms with E-state index in [0.717, 1.165) is 17.8 Å². The van der Waals surface area contributed by atoms with Crippen molar-refractivity contribution in [1.29, 1.82) is 0 Å². The number of carbonyl (C=O) groups is 1. The van der Waals surface area contributed by atoms with E-state index in [4.69, 9.17) is 0 Å². The van der Waals surface area contributed by atoms with E-state index in [-0.39, 0.29) is 11.9 Å². The van der Waals surface area contributed by atoms with Crippen molar-refractivity contribution in [3.8, 4) is 0 Å². The molecule has 108 valence electrons. The zero-order valence-electron chi connectivity index (χ0n) is 12.1. The molecule has 0 spiro atoms. The van der Waals surface area contributed by atoms with Gasteiger partial charge < -0.3 is 10.2 Å². The Balaban J connectivity index is 1.70. The van der Waals surface area contributed by atoms with E-state index in [1.54, 1.807) is 6.20 Å². The predicted molar refractivity (Wildman–Crippen MR) is 82.9 cm³/mol. The van der Waals surface area contributed by atoms with Crippen molar-refractivity contribution in [2.24, 2.45) is 0 Å².